The van der Waals surface area contributed by atoms with Crippen molar-refractivity contribution in [2.45, 2.75) is 31.1 Å². The number of rotatable bonds is 2. The summed E-state index contributed by atoms with van der Waals surface area (Å²) in [4.78, 5) is 5.05. The fraction of sp³-hybridized carbons (Fsp3) is 0.647. The standard InChI is InChI=1S/C17H25N3O2/c18-13-1-3-14(4-2-13)19-7-5-15(6-8-19)20-11-16-17(12-20)22-10-9-21-16/h1-4,15-17H,5-12,18H2. The highest BCUT2D eigenvalue weighted by atomic mass is 16.6. The summed E-state index contributed by atoms with van der Waals surface area (Å²) in [5.74, 6) is 0. The van der Waals surface area contributed by atoms with Crippen molar-refractivity contribution in [1.29, 1.82) is 0 Å². The van der Waals surface area contributed by atoms with Crippen molar-refractivity contribution in [3.8, 4) is 0 Å². The van der Waals surface area contributed by atoms with Crippen molar-refractivity contribution in [3.63, 3.8) is 0 Å². The third-order valence-electron chi connectivity index (χ3n) is 5.23. The number of nitrogens with zero attached hydrogens (tertiary/aromatic N) is 2. The molecular formula is C17H25N3O2. The number of fused-ring (bicyclic) bond motifs is 1. The molecule has 22 heavy (non-hydrogen) atoms. The molecule has 3 aliphatic heterocycles. The molecule has 0 spiro atoms. The molecule has 1 aromatic carbocycles. The first-order valence-corrected chi connectivity index (χ1v) is 8.37. The maximum atomic E-state index is 5.84. The molecule has 0 saturated carbocycles. The largest absolute Gasteiger partial charge is 0.399 e. The summed E-state index contributed by atoms with van der Waals surface area (Å²) in [6.45, 7) is 5.81. The summed E-state index contributed by atoms with van der Waals surface area (Å²) in [6, 6.07) is 8.90. The second-order valence-electron chi connectivity index (χ2n) is 6.58. The minimum atomic E-state index is 0.295. The SMILES string of the molecule is Nc1ccc(N2CCC(N3CC4OCCOC4C3)CC2)cc1. The van der Waals surface area contributed by atoms with Crippen LogP contribution in [0.1, 0.15) is 12.8 Å². The van der Waals surface area contributed by atoms with Gasteiger partial charge in [0.2, 0.25) is 0 Å². The van der Waals surface area contributed by atoms with E-state index >= 15 is 0 Å². The zero-order chi connectivity index (χ0) is 14.9. The zero-order valence-electron chi connectivity index (χ0n) is 13.0. The molecule has 1 aromatic rings. The lowest BCUT2D eigenvalue weighted by Gasteiger charge is -2.37. The molecule has 3 heterocycles. The zero-order valence-corrected chi connectivity index (χ0v) is 13.0. The second kappa shape index (κ2) is 6.07. The first-order valence-electron chi connectivity index (χ1n) is 8.37. The lowest BCUT2D eigenvalue weighted by molar-refractivity contribution is -0.116. The molecule has 2 unspecified atom stereocenters. The van der Waals surface area contributed by atoms with Gasteiger partial charge in [-0.1, -0.05) is 0 Å². The van der Waals surface area contributed by atoms with Gasteiger partial charge in [-0.05, 0) is 37.1 Å². The molecule has 5 heteroatoms. The van der Waals surface area contributed by atoms with Crippen LogP contribution in [0.2, 0.25) is 0 Å². The molecule has 4 rings (SSSR count). The van der Waals surface area contributed by atoms with E-state index in [1.807, 2.05) is 12.1 Å². The topological polar surface area (TPSA) is 51.0 Å². The van der Waals surface area contributed by atoms with E-state index in [4.69, 9.17) is 15.2 Å². The minimum absolute atomic E-state index is 0.295. The van der Waals surface area contributed by atoms with Crippen LogP contribution in [0.5, 0.6) is 0 Å². The fourth-order valence-corrected chi connectivity index (χ4v) is 3.96. The number of nitrogens with two attached hydrogens (primary N) is 1. The maximum Gasteiger partial charge on any atom is 0.0977 e. The third kappa shape index (κ3) is 2.81. The number of piperidine rings is 1. The number of benzene rings is 1. The highest BCUT2D eigenvalue weighted by Gasteiger charge is 2.39. The molecule has 2 N–H and O–H groups in total. The van der Waals surface area contributed by atoms with Gasteiger partial charge in [0.15, 0.2) is 0 Å². The van der Waals surface area contributed by atoms with Crippen LogP contribution < -0.4 is 10.6 Å². The van der Waals surface area contributed by atoms with E-state index in [2.05, 4.69) is 21.9 Å². The van der Waals surface area contributed by atoms with E-state index in [0.29, 0.717) is 18.2 Å². The van der Waals surface area contributed by atoms with Crippen LogP contribution in [-0.4, -0.2) is 62.5 Å². The Bertz CT molecular complexity index is 485. The van der Waals surface area contributed by atoms with Gasteiger partial charge in [0.1, 0.15) is 0 Å². The monoisotopic (exact) mass is 303 g/mol. The first-order chi connectivity index (χ1) is 10.8. The molecule has 0 bridgehead atoms. The second-order valence-corrected chi connectivity index (χ2v) is 6.58. The molecular weight excluding hydrogens is 278 g/mol. The van der Waals surface area contributed by atoms with Gasteiger partial charge in [-0.3, -0.25) is 4.90 Å². The number of likely N-dealkylation sites (tertiary alicyclic amines) is 1. The number of ether oxygens (including phenoxy) is 2. The van der Waals surface area contributed by atoms with E-state index in [9.17, 15) is 0 Å². The third-order valence-corrected chi connectivity index (χ3v) is 5.23. The molecule has 0 amide bonds. The van der Waals surface area contributed by atoms with Gasteiger partial charge in [0.05, 0.1) is 25.4 Å². The van der Waals surface area contributed by atoms with Crippen molar-refractivity contribution < 1.29 is 9.47 Å². The highest BCUT2D eigenvalue weighted by molar-refractivity contribution is 5.53. The molecule has 3 fully saturated rings. The highest BCUT2D eigenvalue weighted by Crippen LogP contribution is 2.28. The van der Waals surface area contributed by atoms with Crippen LogP contribution in [0.4, 0.5) is 11.4 Å². The van der Waals surface area contributed by atoms with Gasteiger partial charge in [-0.15, -0.1) is 0 Å². The number of anilines is 2. The molecule has 3 saturated heterocycles. The summed E-state index contributed by atoms with van der Waals surface area (Å²) in [6.07, 6.45) is 3.01. The Balaban J connectivity index is 1.33. The van der Waals surface area contributed by atoms with Crippen molar-refractivity contribution in [1.82, 2.24) is 4.90 Å². The van der Waals surface area contributed by atoms with Crippen LogP contribution in [0, 0.1) is 0 Å². The molecule has 3 aliphatic rings. The van der Waals surface area contributed by atoms with Crippen molar-refractivity contribution in [3.05, 3.63) is 24.3 Å². The van der Waals surface area contributed by atoms with Gasteiger partial charge in [0.25, 0.3) is 0 Å². The van der Waals surface area contributed by atoms with Crippen LogP contribution in [0.3, 0.4) is 0 Å². The Morgan fingerprint density at radius 3 is 2.09 bits per heavy atom. The van der Waals surface area contributed by atoms with Crippen molar-refractivity contribution in [2.24, 2.45) is 0 Å². The van der Waals surface area contributed by atoms with Crippen LogP contribution in [0.25, 0.3) is 0 Å². The van der Waals surface area contributed by atoms with Gasteiger partial charge in [0, 0.05) is 43.6 Å². The number of nitrogen functional groups attached to an aromatic ring is 1. The van der Waals surface area contributed by atoms with E-state index in [1.165, 1.54) is 18.5 Å². The molecule has 0 aliphatic carbocycles. The Labute approximate surface area is 132 Å². The van der Waals surface area contributed by atoms with E-state index in [0.717, 1.165) is 45.1 Å². The molecule has 0 aromatic heterocycles. The summed E-state index contributed by atoms with van der Waals surface area (Å²) in [5.41, 5.74) is 7.89. The van der Waals surface area contributed by atoms with E-state index in [1.54, 1.807) is 0 Å². The average Bonchev–Trinajstić information content (AvgIpc) is 3.00. The Morgan fingerprint density at radius 2 is 1.50 bits per heavy atom. The molecule has 120 valence electrons. The Morgan fingerprint density at radius 1 is 0.909 bits per heavy atom. The lowest BCUT2D eigenvalue weighted by Crippen LogP contribution is -2.44. The van der Waals surface area contributed by atoms with Crippen LogP contribution in [-0.2, 0) is 9.47 Å². The molecule has 2 atom stereocenters. The first kappa shape index (κ1) is 14.3. The minimum Gasteiger partial charge on any atom is -0.399 e. The fourth-order valence-electron chi connectivity index (χ4n) is 3.96. The lowest BCUT2D eigenvalue weighted by atomic mass is 10.0. The molecule has 5 nitrogen and oxygen atoms in total. The maximum absolute atomic E-state index is 5.84. The summed E-state index contributed by atoms with van der Waals surface area (Å²) in [7, 11) is 0. The average molecular weight is 303 g/mol. The normalized spacial score (nSPS) is 30.5. The predicted octanol–water partition coefficient (Wildman–Crippen LogP) is 1.34. The van der Waals surface area contributed by atoms with Gasteiger partial charge in [-0.2, -0.15) is 0 Å². The summed E-state index contributed by atoms with van der Waals surface area (Å²) in [5, 5.41) is 0. The van der Waals surface area contributed by atoms with Crippen molar-refractivity contribution >= 4 is 11.4 Å². The van der Waals surface area contributed by atoms with Gasteiger partial charge in [-0.25, -0.2) is 0 Å². The van der Waals surface area contributed by atoms with Gasteiger partial charge >= 0.3 is 0 Å². The summed E-state index contributed by atoms with van der Waals surface area (Å²) >= 11 is 0. The van der Waals surface area contributed by atoms with Gasteiger partial charge < -0.3 is 20.1 Å². The van der Waals surface area contributed by atoms with Crippen molar-refractivity contribution in [2.75, 3.05) is 50.0 Å². The summed E-state index contributed by atoms with van der Waals surface area (Å²) < 4.78 is 11.7. The van der Waals surface area contributed by atoms with Crippen LogP contribution >= 0.6 is 0 Å². The number of hydrogen-bond acceptors (Lipinski definition) is 5. The van der Waals surface area contributed by atoms with E-state index < -0.39 is 0 Å². The Hall–Kier alpha value is -1.30. The quantitative estimate of drug-likeness (QED) is 0.836. The molecule has 0 radical (unpaired) electrons. The van der Waals surface area contributed by atoms with Crippen LogP contribution in [0.15, 0.2) is 24.3 Å². The predicted molar refractivity (Wildman–Crippen MR) is 87.1 cm³/mol. The number of hydrogen-bond donors (Lipinski definition) is 1. The smallest absolute Gasteiger partial charge is 0.0977 e. The van der Waals surface area contributed by atoms with E-state index in [-0.39, 0.29) is 0 Å². The Kier molecular flexibility index (Phi) is 3.94.